The molecule has 5 heteroatoms. The topological polar surface area (TPSA) is 54.6 Å². The van der Waals surface area contributed by atoms with Crippen LogP contribution in [0.2, 0.25) is 0 Å². The van der Waals surface area contributed by atoms with E-state index in [1.807, 2.05) is 18.2 Å². The van der Waals surface area contributed by atoms with Crippen molar-refractivity contribution in [3.05, 3.63) is 35.9 Å². The standard InChI is InChI=1S/C16H18N2O2S/c1-4-7-21-16-13-10-15(20-3)14(19-2)9-11(13)8-12(18-16)5-6-17/h4,9-10,12H,1,5,7-8H2,2-3H3. The number of rotatable bonds is 5. The lowest BCUT2D eigenvalue weighted by Gasteiger charge is -2.23. The lowest BCUT2D eigenvalue weighted by atomic mass is 9.96. The van der Waals surface area contributed by atoms with Gasteiger partial charge in [0.15, 0.2) is 11.5 Å². The Balaban J connectivity index is 2.44. The number of nitrogens with zero attached hydrogens (tertiary/aromatic N) is 2. The molecule has 0 amide bonds. The van der Waals surface area contributed by atoms with E-state index in [1.54, 1.807) is 26.0 Å². The highest BCUT2D eigenvalue weighted by Crippen LogP contribution is 2.36. The number of fused-ring (bicyclic) bond motifs is 1. The normalized spacial score (nSPS) is 16.4. The SMILES string of the molecule is C=CCSC1=NC(CC#N)Cc2cc(OC)c(OC)cc21. The van der Waals surface area contributed by atoms with Crippen LogP contribution in [0.15, 0.2) is 29.8 Å². The second kappa shape index (κ2) is 7.19. The third-order valence-electron chi connectivity index (χ3n) is 3.26. The van der Waals surface area contributed by atoms with Crippen LogP contribution in [-0.2, 0) is 6.42 Å². The number of ether oxygens (including phenoxy) is 2. The maximum atomic E-state index is 8.92. The summed E-state index contributed by atoms with van der Waals surface area (Å²) >= 11 is 1.63. The van der Waals surface area contributed by atoms with Gasteiger partial charge in [0, 0.05) is 11.3 Å². The van der Waals surface area contributed by atoms with Crippen molar-refractivity contribution in [2.75, 3.05) is 20.0 Å². The van der Waals surface area contributed by atoms with Gasteiger partial charge in [-0.1, -0.05) is 6.08 Å². The van der Waals surface area contributed by atoms with Gasteiger partial charge in [0.25, 0.3) is 0 Å². The van der Waals surface area contributed by atoms with Gasteiger partial charge in [-0.3, -0.25) is 4.99 Å². The Morgan fingerprint density at radius 3 is 2.76 bits per heavy atom. The molecule has 21 heavy (non-hydrogen) atoms. The Morgan fingerprint density at radius 2 is 2.14 bits per heavy atom. The average molecular weight is 302 g/mol. The van der Waals surface area contributed by atoms with Crippen molar-refractivity contribution in [1.29, 1.82) is 5.26 Å². The molecule has 0 aliphatic carbocycles. The van der Waals surface area contributed by atoms with Gasteiger partial charge in [-0.05, 0) is 24.1 Å². The summed E-state index contributed by atoms with van der Waals surface area (Å²) in [5.74, 6) is 2.19. The second-order valence-electron chi connectivity index (χ2n) is 4.62. The number of hydrogen-bond acceptors (Lipinski definition) is 5. The highest BCUT2D eigenvalue weighted by atomic mass is 32.2. The van der Waals surface area contributed by atoms with Crippen molar-refractivity contribution in [1.82, 2.24) is 0 Å². The third-order valence-corrected chi connectivity index (χ3v) is 4.26. The van der Waals surface area contributed by atoms with Crippen LogP contribution >= 0.6 is 11.8 Å². The summed E-state index contributed by atoms with van der Waals surface area (Å²) in [5, 5.41) is 9.87. The number of benzene rings is 1. The van der Waals surface area contributed by atoms with E-state index in [2.05, 4.69) is 12.6 Å². The van der Waals surface area contributed by atoms with Crippen molar-refractivity contribution in [3.63, 3.8) is 0 Å². The van der Waals surface area contributed by atoms with Crippen LogP contribution in [-0.4, -0.2) is 31.1 Å². The monoisotopic (exact) mass is 302 g/mol. The van der Waals surface area contributed by atoms with Crippen LogP contribution in [0.3, 0.4) is 0 Å². The van der Waals surface area contributed by atoms with Crippen LogP contribution in [0.4, 0.5) is 0 Å². The summed E-state index contributed by atoms with van der Waals surface area (Å²) < 4.78 is 10.7. The Morgan fingerprint density at radius 1 is 1.43 bits per heavy atom. The molecule has 110 valence electrons. The van der Waals surface area contributed by atoms with E-state index < -0.39 is 0 Å². The number of aliphatic imine (C=N–C) groups is 1. The van der Waals surface area contributed by atoms with E-state index in [1.165, 1.54) is 0 Å². The summed E-state index contributed by atoms with van der Waals surface area (Å²) in [5.41, 5.74) is 2.21. The lowest BCUT2D eigenvalue weighted by Crippen LogP contribution is -2.19. The second-order valence-corrected chi connectivity index (χ2v) is 5.63. The maximum absolute atomic E-state index is 8.92. The molecule has 0 bridgehead atoms. The molecular weight excluding hydrogens is 284 g/mol. The smallest absolute Gasteiger partial charge is 0.161 e. The first kappa shape index (κ1) is 15.5. The summed E-state index contributed by atoms with van der Waals surface area (Å²) in [6, 6.07) is 6.16. The molecule has 1 aromatic rings. The van der Waals surface area contributed by atoms with Gasteiger partial charge >= 0.3 is 0 Å². The summed E-state index contributed by atoms with van der Waals surface area (Å²) in [7, 11) is 3.25. The fraction of sp³-hybridized carbons (Fsp3) is 0.375. The predicted octanol–water partition coefficient (Wildman–Crippen LogP) is 3.21. The predicted molar refractivity (Wildman–Crippen MR) is 86.5 cm³/mol. The van der Waals surface area contributed by atoms with E-state index in [0.29, 0.717) is 17.9 Å². The molecule has 4 nitrogen and oxygen atoms in total. The van der Waals surface area contributed by atoms with Gasteiger partial charge in [-0.15, -0.1) is 18.3 Å². The summed E-state index contributed by atoms with van der Waals surface area (Å²) in [6.45, 7) is 3.74. The molecule has 1 unspecified atom stereocenters. The Labute approximate surface area is 129 Å². The molecule has 2 rings (SSSR count). The van der Waals surface area contributed by atoms with E-state index in [-0.39, 0.29) is 6.04 Å². The molecule has 0 spiro atoms. The highest BCUT2D eigenvalue weighted by Gasteiger charge is 2.23. The van der Waals surface area contributed by atoms with E-state index >= 15 is 0 Å². The number of hydrogen-bond donors (Lipinski definition) is 0. The zero-order valence-corrected chi connectivity index (χ0v) is 13.1. The van der Waals surface area contributed by atoms with Gasteiger partial charge in [0.1, 0.15) is 0 Å². The number of thioether (sulfide) groups is 1. The van der Waals surface area contributed by atoms with Gasteiger partial charge in [-0.25, -0.2) is 0 Å². The molecule has 1 atom stereocenters. The largest absolute Gasteiger partial charge is 0.493 e. The van der Waals surface area contributed by atoms with Gasteiger partial charge in [-0.2, -0.15) is 5.26 Å². The Bertz CT molecular complexity index is 605. The first-order valence-corrected chi connectivity index (χ1v) is 7.65. The fourth-order valence-electron chi connectivity index (χ4n) is 2.30. The van der Waals surface area contributed by atoms with Gasteiger partial charge in [0.05, 0.1) is 37.8 Å². The molecule has 0 aromatic heterocycles. The van der Waals surface area contributed by atoms with E-state index in [4.69, 9.17) is 19.7 Å². The maximum Gasteiger partial charge on any atom is 0.161 e. The molecular formula is C16H18N2O2S. The minimum atomic E-state index is 0.00733. The van der Waals surface area contributed by atoms with Crippen molar-refractivity contribution in [3.8, 4) is 17.6 Å². The molecule has 0 fully saturated rings. The molecule has 1 aliphatic heterocycles. The zero-order valence-electron chi connectivity index (χ0n) is 12.3. The first-order valence-electron chi connectivity index (χ1n) is 6.67. The van der Waals surface area contributed by atoms with Crippen LogP contribution in [0.5, 0.6) is 11.5 Å². The molecule has 0 radical (unpaired) electrons. The molecule has 1 aliphatic rings. The van der Waals surface area contributed by atoms with E-state index in [0.717, 1.165) is 28.3 Å². The molecule has 1 heterocycles. The van der Waals surface area contributed by atoms with Crippen molar-refractivity contribution < 1.29 is 9.47 Å². The van der Waals surface area contributed by atoms with Gasteiger partial charge in [0.2, 0.25) is 0 Å². The quantitative estimate of drug-likeness (QED) is 0.784. The Kier molecular flexibility index (Phi) is 5.29. The van der Waals surface area contributed by atoms with Crippen LogP contribution in [0, 0.1) is 11.3 Å². The number of methoxy groups -OCH3 is 2. The molecule has 1 aromatic carbocycles. The highest BCUT2D eigenvalue weighted by molar-refractivity contribution is 8.14. The van der Waals surface area contributed by atoms with Crippen LogP contribution in [0.1, 0.15) is 17.5 Å². The van der Waals surface area contributed by atoms with Crippen molar-refractivity contribution in [2.24, 2.45) is 4.99 Å². The fourth-order valence-corrected chi connectivity index (χ4v) is 3.14. The van der Waals surface area contributed by atoms with Crippen LogP contribution < -0.4 is 9.47 Å². The van der Waals surface area contributed by atoms with Crippen molar-refractivity contribution >= 4 is 16.8 Å². The zero-order chi connectivity index (χ0) is 15.2. The lowest BCUT2D eigenvalue weighted by molar-refractivity contribution is 0.354. The minimum absolute atomic E-state index is 0.00733. The third kappa shape index (κ3) is 3.40. The number of nitriles is 1. The molecule has 0 N–H and O–H groups in total. The summed E-state index contributed by atoms with van der Waals surface area (Å²) in [6.07, 6.45) is 3.02. The molecule has 0 saturated carbocycles. The minimum Gasteiger partial charge on any atom is -0.493 e. The van der Waals surface area contributed by atoms with Crippen molar-refractivity contribution in [2.45, 2.75) is 18.9 Å². The van der Waals surface area contributed by atoms with Gasteiger partial charge < -0.3 is 9.47 Å². The average Bonchev–Trinajstić information content (AvgIpc) is 2.51. The van der Waals surface area contributed by atoms with E-state index in [9.17, 15) is 0 Å². The molecule has 0 saturated heterocycles. The van der Waals surface area contributed by atoms with Crippen LogP contribution in [0.25, 0.3) is 0 Å². The Hall–Kier alpha value is -1.93. The summed E-state index contributed by atoms with van der Waals surface area (Å²) in [4.78, 5) is 4.69. The first-order chi connectivity index (χ1) is 10.2.